The van der Waals surface area contributed by atoms with Crippen molar-refractivity contribution < 1.29 is 5.11 Å². The molecule has 11 heavy (non-hydrogen) atoms. The highest BCUT2D eigenvalue weighted by atomic mass is 16.3. The van der Waals surface area contributed by atoms with Crippen molar-refractivity contribution in [3.05, 3.63) is 0 Å². The Morgan fingerprint density at radius 3 is 0.909 bits per heavy atom. The van der Waals surface area contributed by atoms with Gasteiger partial charge in [0.05, 0.1) is 0 Å². The minimum atomic E-state index is -0.750. The first-order valence-electron chi connectivity index (χ1n) is 4.53. The van der Waals surface area contributed by atoms with Crippen LogP contribution in [-0.4, -0.2) is 5.60 Å². The van der Waals surface area contributed by atoms with Crippen molar-refractivity contribution in [2.45, 2.75) is 47.1 Å². The minimum absolute atomic E-state index is 0.225. The Bertz CT molecular complexity index is 92.3. The second-order valence-electron chi connectivity index (χ2n) is 4.32. The summed E-state index contributed by atoms with van der Waals surface area (Å²) in [6.45, 7) is 12.1. The molecule has 0 saturated carbocycles. The lowest BCUT2D eigenvalue weighted by atomic mass is 9.73. The molecule has 67 valence electrons. The summed E-state index contributed by atoms with van der Waals surface area (Å²) in [5.74, 6) is 0.674. The molecule has 0 fully saturated rings. The van der Waals surface area contributed by atoms with Crippen LogP contribution < -0.4 is 0 Å². The lowest BCUT2D eigenvalue weighted by Gasteiger charge is -2.37. The predicted molar refractivity (Wildman–Crippen MR) is 47.9 cm³/mol. The van der Waals surface area contributed by atoms with E-state index in [2.05, 4.69) is 0 Å². The molecule has 0 aromatic rings. The van der Waals surface area contributed by atoms with Gasteiger partial charge in [-0.1, -0.05) is 41.5 Å². The van der Waals surface area contributed by atoms with E-state index in [1.165, 1.54) is 0 Å². The van der Waals surface area contributed by atoms with Crippen LogP contribution in [0.25, 0.3) is 0 Å². The van der Waals surface area contributed by atoms with Crippen LogP contribution in [-0.2, 0) is 5.11 Å². The van der Waals surface area contributed by atoms with Gasteiger partial charge in [0.15, 0.2) is 0 Å². The van der Waals surface area contributed by atoms with Gasteiger partial charge in [-0.3, -0.25) is 0 Å². The van der Waals surface area contributed by atoms with Crippen molar-refractivity contribution in [3.63, 3.8) is 0 Å². The number of hydrogen-bond acceptors (Lipinski definition) is 0. The van der Waals surface area contributed by atoms with E-state index in [9.17, 15) is 5.11 Å². The van der Waals surface area contributed by atoms with E-state index in [1.54, 1.807) is 0 Å². The molecule has 0 N–H and O–H groups in total. The fourth-order valence-corrected chi connectivity index (χ4v) is 2.00. The fourth-order valence-electron chi connectivity index (χ4n) is 2.00. The third-order valence-electron chi connectivity index (χ3n) is 2.71. The Balaban J connectivity index is 4.53. The summed E-state index contributed by atoms with van der Waals surface area (Å²) in [6.07, 6.45) is 0. The van der Waals surface area contributed by atoms with Gasteiger partial charge in [-0.25, -0.2) is 5.11 Å². The lowest BCUT2D eigenvalue weighted by molar-refractivity contribution is -0.136. The Hall–Kier alpha value is -0.0400. The first-order chi connectivity index (χ1) is 4.83. The van der Waals surface area contributed by atoms with Crippen LogP contribution in [0, 0.1) is 17.8 Å². The van der Waals surface area contributed by atoms with E-state index in [0.717, 1.165) is 0 Å². The molecule has 0 heterocycles. The maximum atomic E-state index is 12.2. The van der Waals surface area contributed by atoms with Crippen LogP contribution in [0.1, 0.15) is 41.5 Å². The van der Waals surface area contributed by atoms with Gasteiger partial charge in [-0.15, -0.1) is 0 Å². The summed E-state index contributed by atoms with van der Waals surface area (Å²) in [4.78, 5) is 0. The molecule has 0 aliphatic heterocycles. The van der Waals surface area contributed by atoms with Gasteiger partial charge in [0.25, 0.3) is 0 Å². The lowest BCUT2D eigenvalue weighted by Crippen LogP contribution is -2.44. The molecule has 0 atom stereocenters. The molecule has 0 aromatic heterocycles. The molecule has 1 nitrogen and oxygen atoms in total. The SMILES string of the molecule is CC(C)C([O])(C(C)C)C(C)C. The van der Waals surface area contributed by atoms with E-state index in [0.29, 0.717) is 0 Å². The number of hydrogen-bond donors (Lipinski definition) is 0. The number of rotatable bonds is 3. The molecule has 0 aliphatic carbocycles. The van der Waals surface area contributed by atoms with Gasteiger partial charge < -0.3 is 0 Å². The van der Waals surface area contributed by atoms with E-state index in [1.807, 2.05) is 41.5 Å². The Labute approximate surface area is 70.8 Å². The summed E-state index contributed by atoms with van der Waals surface area (Å²) < 4.78 is 0. The topological polar surface area (TPSA) is 19.9 Å². The van der Waals surface area contributed by atoms with Gasteiger partial charge in [0.1, 0.15) is 5.60 Å². The minimum Gasteiger partial charge on any atom is -0.229 e. The van der Waals surface area contributed by atoms with Crippen molar-refractivity contribution >= 4 is 0 Å². The zero-order chi connectivity index (χ0) is 9.23. The average Bonchev–Trinajstić information content (AvgIpc) is 1.84. The second-order valence-corrected chi connectivity index (χ2v) is 4.32. The van der Waals surface area contributed by atoms with Crippen LogP contribution >= 0.6 is 0 Å². The van der Waals surface area contributed by atoms with Crippen LogP contribution in [0.2, 0.25) is 0 Å². The molecule has 0 aromatic carbocycles. The van der Waals surface area contributed by atoms with E-state index in [4.69, 9.17) is 0 Å². The molecule has 0 aliphatic rings. The molecule has 0 spiro atoms. The third-order valence-corrected chi connectivity index (χ3v) is 2.71. The van der Waals surface area contributed by atoms with Gasteiger partial charge in [0, 0.05) is 0 Å². The van der Waals surface area contributed by atoms with Crippen molar-refractivity contribution in [3.8, 4) is 0 Å². The first-order valence-corrected chi connectivity index (χ1v) is 4.53. The second kappa shape index (κ2) is 3.57. The Kier molecular flexibility index (Phi) is 3.56. The Morgan fingerprint density at radius 2 is 0.909 bits per heavy atom. The normalized spacial score (nSPS) is 13.6. The van der Waals surface area contributed by atoms with E-state index in [-0.39, 0.29) is 17.8 Å². The summed E-state index contributed by atoms with van der Waals surface area (Å²) in [7, 11) is 0. The summed E-state index contributed by atoms with van der Waals surface area (Å²) in [6, 6.07) is 0. The van der Waals surface area contributed by atoms with Crippen LogP contribution in [0.3, 0.4) is 0 Å². The monoisotopic (exact) mass is 157 g/mol. The molecule has 0 rings (SSSR count). The van der Waals surface area contributed by atoms with Gasteiger partial charge >= 0.3 is 0 Å². The van der Waals surface area contributed by atoms with Crippen molar-refractivity contribution in [2.75, 3.05) is 0 Å². The van der Waals surface area contributed by atoms with Crippen molar-refractivity contribution in [1.29, 1.82) is 0 Å². The molecule has 1 radical (unpaired) electrons. The molecule has 0 amide bonds. The molecular weight excluding hydrogens is 136 g/mol. The van der Waals surface area contributed by atoms with Crippen LogP contribution in [0.15, 0.2) is 0 Å². The maximum absolute atomic E-state index is 12.2. The standard InChI is InChI=1S/C10H21O/c1-7(2)10(11,8(3)4)9(5)6/h7-9H,1-6H3. The van der Waals surface area contributed by atoms with Gasteiger partial charge in [-0.2, -0.15) is 0 Å². The molecule has 1 heteroatoms. The fraction of sp³-hybridized carbons (Fsp3) is 1.00. The molecule has 0 saturated heterocycles. The van der Waals surface area contributed by atoms with Gasteiger partial charge in [0.2, 0.25) is 0 Å². The van der Waals surface area contributed by atoms with Crippen LogP contribution in [0.4, 0.5) is 0 Å². The average molecular weight is 157 g/mol. The molecule has 0 bridgehead atoms. The largest absolute Gasteiger partial charge is 0.229 e. The zero-order valence-corrected chi connectivity index (χ0v) is 8.64. The summed E-state index contributed by atoms with van der Waals surface area (Å²) in [5.41, 5.74) is -0.750. The smallest absolute Gasteiger partial charge is 0.110 e. The first kappa shape index (κ1) is 11.0. The quantitative estimate of drug-likeness (QED) is 0.600. The molecule has 0 unspecified atom stereocenters. The van der Waals surface area contributed by atoms with E-state index >= 15 is 0 Å². The van der Waals surface area contributed by atoms with Crippen molar-refractivity contribution in [2.24, 2.45) is 17.8 Å². The summed E-state index contributed by atoms with van der Waals surface area (Å²) >= 11 is 0. The summed E-state index contributed by atoms with van der Waals surface area (Å²) in [5, 5.41) is 12.2. The Morgan fingerprint density at radius 1 is 0.727 bits per heavy atom. The van der Waals surface area contributed by atoms with E-state index < -0.39 is 5.60 Å². The maximum Gasteiger partial charge on any atom is 0.110 e. The zero-order valence-electron chi connectivity index (χ0n) is 8.64. The third kappa shape index (κ3) is 1.96. The van der Waals surface area contributed by atoms with Crippen LogP contribution in [0.5, 0.6) is 0 Å². The predicted octanol–water partition coefficient (Wildman–Crippen LogP) is 3.12. The highest BCUT2D eigenvalue weighted by Crippen LogP contribution is 2.33. The molecular formula is C10H21O. The highest BCUT2D eigenvalue weighted by Gasteiger charge is 2.39. The van der Waals surface area contributed by atoms with Crippen molar-refractivity contribution in [1.82, 2.24) is 0 Å². The van der Waals surface area contributed by atoms with Gasteiger partial charge in [-0.05, 0) is 17.8 Å². The highest BCUT2D eigenvalue weighted by molar-refractivity contribution is 4.87.